The van der Waals surface area contributed by atoms with Gasteiger partial charge in [0.1, 0.15) is 5.56 Å². The molecule has 3 aromatic heterocycles. The highest BCUT2D eigenvalue weighted by Crippen LogP contribution is 2.24. The van der Waals surface area contributed by atoms with E-state index in [0.29, 0.717) is 17.0 Å². The van der Waals surface area contributed by atoms with E-state index < -0.39 is 5.97 Å². The molecule has 0 saturated carbocycles. The molecule has 25 heavy (non-hydrogen) atoms. The smallest absolute Gasteiger partial charge is 0.341 e. The van der Waals surface area contributed by atoms with Crippen molar-refractivity contribution in [1.29, 1.82) is 0 Å². The minimum atomic E-state index is -0.451. The molecule has 0 radical (unpaired) electrons. The SMILES string of the molecule is COC(=O)c1cc(-c2ccccc2)cn2nc(-c3cccnc3)nc12. The third-order valence-electron chi connectivity index (χ3n) is 3.87. The first-order valence-corrected chi connectivity index (χ1v) is 7.71. The van der Waals surface area contributed by atoms with Crippen LogP contribution in [0.25, 0.3) is 28.2 Å². The maximum Gasteiger partial charge on any atom is 0.341 e. The Morgan fingerprint density at radius 2 is 1.84 bits per heavy atom. The second kappa shape index (κ2) is 6.16. The first kappa shape index (κ1) is 15.0. The minimum absolute atomic E-state index is 0.367. The minimum Gasteiger partial charge on any atom is -0.465 e. The molecule has 4 aromatic rings. The van der Waals surface area contributed by atoms with Gasteiger partial charge in [-0.2, -0.15) is 0 Å². The second-order valence-corrected chi connectivity index (χ2v) is 5.45. The molecule has 6 heteroatoms. The highest BCUT2D eigenvalue weighted by molar-refractivity contribution is 5.97. The molecule has 0 unspecified atom stereocenters. The van der Waals surface area contributed by atoms with Gasteiger partial charge in [0, 0.05) is 29.7 Å². The summed E-state index contributed by atoms with van der Waals surface area (Å²) in [7, 11) is 1.35. The summed E-state index contributed by atoms with van der Waals surface area (Å²) < 4.78 is 6.53. The molecule has 0 saturated heterocycles. The van der Waals surface area contributed by atoms with Gasteiger partial charge in [-0.25, -0.2) is 14.3 Å². The number of pyridine rings is 2. The lowest BCUT2D eigenvalue weighted by molar-refractivity contribution is 0.0602. The van der Waals surface area contributed by atoms with Crippen molar-refractivity contribution in [2.24, 2.45) is 0 Å². The Labute approximate surface area is 143 Å². The van der Waals surface area contributed by atoms with E-state index in [9.17, 15) is 4.79 Å². The molecule has 0 aliphatic carbocycles. The van der Waals surface area contributed by atoms with E-state index in [4.69, 9.17) is 4.74 Å². The van der Waals surface area contributed by atoms with E-state index in [1.54, 1.807) is 23.0 Å². The summed E-state index contributed by atoms with van der Waals surface area (Å²) in [6.45, 7) is 0. The number of ether oxygens (including phenoxy) is 1. The number of hydrogen-bond donors (Lipinski definition) is 0. The molecule has 0 aliphatic rings. The van der Waals surface area contributed by atoms with Crippen LogP contribution in [-0.2, 0) is 4.74 Å². The van der Waals surface area contributed by atoms with Crippen molar-refractivity contribution in [3.05, 3.63) is 72.7 Å². The van der Waals surface area contributed by atoms with Gasteiger partial charge >= 0.3 is 5.97 Å². The van der Waals surface area contributed by atoms with Crippen molar-refractivity contribution >= 4 is 11.6 Å². The van der Waals surface area contributed by atoms with Crippen molar-refractivity contribution in [1.82, 2.24) is 19.6 Å². The third-order valence-corrected chi connectivity index (χ3v) is 3.87. The van der Waals surface area contributed by atoms with E-state index in [0.717, 1.165) is 16.7 Å². The van der Waals surface area contributed by atoms with Crippen molar-refractivity contribution in [3.8, 4) is 22.5 Å². The van der Waals surface area contributed by atoms with Crippen LogP contribution < -0.4 is 0 Å². The average molecular weight is 330 g/mol. The Morgan fingerprint density at radius 3 is 2.56 bits per heavy atom. The Bertz CT molecular complexity index is 1040. The predicted octanol–water partition coefficient (Wildman–Crippen LogP) is 3.24. The topological polar surface area (TPSA) is 69.4 Å². The monoisotopic (exact) mass is 330 g/mol. The fourth-order valence-corrected chi connectivity index (χ4v) is 2.65. The van der Waals surface area contributed by atoms with Crippen LogP contribution in [0.2, 0.25) is 0 Å². The van der Waals surface area contributed by atoms with E-state index >= 15 is 0 Å². The highest BCUT2D eigenvalue weighted by atomic mass is 16.5. The Morgan fingerprint density at radius 1 is 1.04 bits per heavy atom. The second-order valence-electron chi connectivity index (χ2n) is 5.45. The van der Waals surface area contributed by atoms with Gasteiger partial charge in [0.25, 0.3) is 0 Å². The predicted molar refractivity (Wildman–Crippen MR) is 93.0 cm³/mol. The Hall–Kier alpha value is -3.54. The highest BCUT2D eigenvalue weighted by Gasteiger charge is 2.18. The van der Waals surface area contributed by atoms with Gasteiger partial charge < -0.3 is 4.74 Å². The lowest BCUT2D eigenvalue weighted by Gasteiger charge is -2.06. The number of carbonyl (C=O) groups excluding carboxylic acids is 1. The van der Waals surface area contributed by atoms with Crippen molar-refractivity contribution in [2.75, 3.05) is 7.11 Å². The zero-order valence-corrected chi connectivity index (χ0v) is 13.5. The number of hydrogen-bond acceptors (Lipinski definition) is 5. The third kappa shape index (κ3) is 2.74. The fourth-order valence-electron chi connectivity index (χ4n) is 2.65. The zero-order valence-electron chi connectivity index (χ0n) is 13.5. The van der Waals surface area contributed by atoms with Crippen LogP contribution in [0.3, 0.4) is 0 Å². The van der Waals surface area contributed by atoms with E-state index in [1.807, 2.05) is 48.7 Å². The van der Waals surface area contributed by atoms with E-state index in [1.165, 1.54) is 7.11 Å². The molecule has 4 rings (SSSR count). The quantitative estimate of drug-likeness (QED) is 0.539. The normalized spacial score (nSPS) is 10.8. The van der Waals surface area contributed by atoms with Crippen molar-refractivity contribution < 1.29 is 9.53 Å². The van der Waals surface area contributed by atoms with Crippen molar-refractivity contribution in [3.63, 3.8) is 0 Å². The number of nitrogens with zero attached hydrogens (tertiary/aromatic N) is 4. The summed E-state index contributed by atoms with van der Waals surface area (Å²) in [4.78, 5) is 20.8. The maximum absolute atomic E-state index is 12.2. The summed E-state index contributed by atoms with van der Waals surface area (Å²) >= 11 is 0. The van der Waals surface area contributed by atoms with Crippen LogP contribution in [0.15, 0.2) is 67.1 Å². The van der Waals surface area contributed by atoms with Crippen LogP contribution in [0.4, 0.5) is 0 Å². The van der Waals surface area contributed by atoms with Crippen LogP contribution in [0.5, 0.6) is 0 Å². The summed E-state index contributed by atoms with van der Waals surface area (Å²) in [5, 5.41) is 4.50. The summed E-state index contributed by atoms with van der Waals surface area (Å²) in [5.74, 6) is 0.0522. The first-order chi connectivity index (χ1) is 12.3. The molecule has 0 atom stereocenters. The lowest BCUT2D eigenvalue weighted by atomic mass is 10.1. The van der Waals surface area contributed by atoms with E-state index in [-0.39, 0.29) is 0 Å². The number of benzene rings is 1. The fraction of sp³-hybridized carbons (Fsp3) is 0.0526. The van der Waals surface area contributed by atoms with Gasteiger partial charge in [0.2, 0.25) is 0 Å². The first-order valence-electron chi connectivity index (χ1n) is 7.71. The zero-order chi connectivity index (χ0) is 17.2. The van der Waals surface area contributed by atoms with Gasteiger partial charge in [-0.1, -0.05) is 30.3 Å². The molecule has 122 valence electrons. The van der Waals surface area contributed by atoms with Crippen LogP contribution in [-0.4, -0.2) is 32.7 Å². The number of carbonyl (C=O) groups is 1. The largest absolute Gasteiger partial charge is 0.465 e. The molecular formula is C19H14N4O2. The number of esters is 1. The molecular weight excluding hydrogens is 316 g/mol. The number of aromatic nitrogens is 4. The summed E-state index contributed by atoms with van der Waals surface area (Å²) in [6, 6.07) is 15.2. The molecule has 0 N–H and O–H groups in total. The van der Waals surface area contributed by atoms with Crippen molar-refractivity contribution in [2.45, 2.75) is 0 Å². The molecule has 0 spiro atoms. The molecule has 1 aromatic carbocycles. The molecule has 0 amide bonds. The molecule has 3 heterocycles. The maximum atomic E-state index is 12.2. The number of methoxy groups -OCH3 is 1. The number of fused-ring (bicyclic) bond motifs is 1. The lowest BCUT2D eigenvalue weighted by Crippen LogP contribution is -2.05. The molecule has 0 fully saturated rings. The van der Waals surface area contributed by atoms with Gasteiger partial charge in [-0.15, -0.1) is 5.10 Å². The Kier molecular flexibility index (Phi) is 3.70. The van der Waals surface area contributed by atoms with Gasteiger partial charge in [0.15, 0.2) is 11.5 Å². The van der Waals surface area contributed by atoms with Gasteiger partial charge in [-0.3, -0.25) is 4.98 Å². The number of rotatable bonds is 3. The van der Waals surface area contributed by atoms with Gasteiger partial charge in [-0.05, 0) is 23.8 Å². The van der Waals surface area contributed by atoms with Crippen LogP contribution in [0.1, 0.15) is 10.4 Å². The van der Waals surface area contributed by atoms with Crippen LogP contribution >= 0.6 is 0 Å². The Balaban J connectivity index is 1.95. The summed E-state index contributed by atoms with van der Waals surface area (Å²) in [6.07, 6.45) is 5.22. The van der Waals surface area contributed by atoms with E-state index in [2.05, 4.69) is 15.1 Å². The average Bonchev–Trinajstić information content (AvgIpc) is 3.12. The van der Waals surface area contributed by atoms with Gasteiger partial charge in [0.05, 0.1) is 7.11 Å². The standard InChI is InChI=1S/C19H14N4O2/c1-25-19(24)16-10-15(13-6-3-2-4-7-13)12-23-18(16)21-17(22-23)14-8-5-9-20-11-14/h2-12H,1H3. The summed E-state index contributed by atoms with van der Waals surface area (Å²) in [5.41, 5.74) is 3.43. The molecule has 0 aliphatic heterocycles. The van der Waals surface area contributed by atoms with Crippen LogP contribution in [0, 0.1) is 0 Å². The molecule has 6 nitrogen and oxygen atoms in total. The molecule has 0 bridgehead atoms.